The normalized spacial score (nSPS) is 12.6. The Kier molecular flexibility index (Phi) is 4.09. The van der Waals surface area contributed by atoms with Gasteiger partial charge in [-0.05, 0) is 56.2 Å². The van der Waals surface area contributed by atoms with Gasteiger partial charge >= 0.3 is 0 Å². The highest BCUT2D eigenvalue weighted by molar-refractivity contribution is 5.83. The molecule has 0 saturated heterocycles. The number of nitrogens with zero attached hydrogens (tertiary/aromatic N) is 2. The van der Waals surface area contributed by atoms with E-state index in [1.54, 1.807) is 7.11 Å². The topological polar surface area (TPSA) is 53.1 Å². The Balaban J connectivity index is 2.35. The Morgan fingerprint density at radius 1 is 1.17 bits per heavy atom. The second-order valence-corrected chi connectivity index (χ2v) is 6.02. The Hall–Kier alpha value is -2.33. The summed E-state index contributed by atoms with van der Waals surface area (Å²) in [4.78, 5) is 4.89. The van der Waals surface area contributed by atoms with Crippen LogP contribution < -0.4 is 10.5 Å². The first-order chi connectivity index (χ1) is 11.1. The number of ether oxygens (including phenoxy) is 1. The van der Waals surface area contributed by atoms with E-state index in [1.807, 2.05) is 24.3 Å². The summed E-state index contributed by atoms with van der Waals surface area (Å²) in [5.74, 6) is 1.72. The molecular weight excluding hydrogens is 286 g/mol. The van der Waals surface area contributed by atoms with Gasteiger partial charge in [0.25, 0.3) is 0 Å². The number of rotatable bonds is 4. The van der Waals surface area contributed by atoms with E-state index in [0.29, 0.717) is 6.54 Å². The van der Waals surface area contributed by atoms with Crippen LogP contribution in [0.4, 0.5) is 0 Å². The van der Waals surface area contributed by atoms with Gasteiger partial charge in [0.1, 0.15) is 11.6 Å². The molecule has 23 heavy (non-hydrogen) atoms. The quantitative estimate of drug-likeness (QED) is 0.796. The van der Waals surface area contributed by atoms with E-state index in [-0.39, 0.29) is 6.04 Å². The molecule has 0 saturated carbocycles. The van der Waals surface area contributed by atoms with E-state index in [9.17, 15) is 0 Å². The lowest BCUT2D eigenvalue weighted by atomic mass is 10.1. The standard InChI is InChI=1S/C19H23N3O/c1-12-9-16-17(10-13(12)2)22(14(3)11-20)19(21-16)15-7-5-6-8-18(15)23-4/h5-10,14H,11,20H2,1-4H3. The van der Waals surface area contributed by atoms with E-state index < -0.39 is 0 Å². The zero-order chi connectivity index (χ0) is 16.6. The number of hydrogen-bond acceptors (Lipinski definition) is 3. The van der Waals surface area contributed by atoms with Crippen LogP contribution in [-0.4, -0.2) is 23.2 Å². The number of imidazole rings is 1. The van der Waals surface area contributed by atoms with E-state index in [2.05, 4.69) is 37.5 Å². The summed E-state index contributed by atoms with van der Waals surface area (Å²) < 4.78 is 7.75. The third kappa shape index (κ3) is 2.59. The van der Waals surface area contributed by atoms with Gasteiger partial charge in [-0.2, -0.15) is 0 Å². The molecule has 4 nitrogen and oxygen atoms in total. The molecule has 2 N–H and O–H groups in total. The summed E-state index contributed by atoms with van der Waals surface area (Å²) in [5.41, 5.74) is 11.6. The lowest BCUT2D eigenvalue weighted by Crippen LogP contribution is -2.17. The van der Waals surface area contributed by atoms with Crippen molar-refractivity contribution < 1.29 is 4.74 Å². The van der Waals surface area contributed by atoms with Gasteiger partial charge in [0.2, 0.25) is 0 Å². The molecule has 0 spiro atoms. The van der Waals surface area contributed by atoms with Gasteiger partial charge in [0, 0.05) is 12.6 Å². The van der Waals surface area contributed by atoms with Gasteiger partial charge in [-0.1, -0.05) is 12.1 Å². The number of benzene rings is 2. The summed E-state index contributed by atoms with van der Waals surface area (Å²) in [6, 6.07) is 12.5. The Labute approximate surface area is 136 Å². The van der Waals surface area contributed by atoms with Crippen LogP contribution in [0.15, 0.2) is 36.4 Å². The van der Waals surface area contributed by atoms with Gasteiger partial charge in [0.15, 0.2) is 0 Å². The number of methoxy groups -OCH3 is 1. The third-order valence-electron chi connectivity index (χ3n) is 4.43. The van der Waals surface area contributed by atoms with Crippen LogP contribution in [-0.2, 0) is 0 Å². The number of hydrogen-bond donors (Lipinski definition) is 1. The van der Waals surface area contributed by atoms with Crippen LogP contribution in [0.1, 0.15) is 24.1 Å². The third-order valence-corrected chi connectivity index (χ3v) is 4.43. The Bertz CT molecular complexity index is 851. The molecule has 120 valence electrons. The summed E-state index contributed by atoms with van der Waals surface area (Å²) >= 11 is 0. The molecular formula is C19H23N3O. The molecule has 1 atom stereocenters. The molecule has 4 heteroatoms. The van der Waals surface area contributed by atoms with Crippen LogP contribution in [0.3, 0.4) is 0 Å². The van der Waals surface area contributed by atoms with Crippen molar-refractivity contribution in [1.29, 1.82) is 0 Å². The monoisotopic (exact) mass is 309 g/mol. The lowest BCUT2D eigenvalue weighted by Gasteiger charge is -2.17. The first-order valence-electron chi connectivity index (χ1n) is 7.89. The molecule has 0 fully saturated rings. The second-order valence-electron chi connectivity index (χ2n) is 6.02. The van der Waals surface area contributed by atoms with Crippen molar-refractivity contribution in [3.05, 3.63) is 47.5 Å². The predicted molar refractivity (Wildman–Crippen MR) is 95.0 cm³/mol. The van der Waals surface area contributed by atoms with Crippen molar-refractivity contribution in [3.8, 4) is 17.1 Å². The second kappa shape index (κ2) is 6.05. The van der Waals surface area contributed by atoms with Crippen LogP contribution in [0.25, 0.3) is 22.4 Å². The minimum absolute atomic E-state index is 0.155. The molecule has 0 aliphatic heterocycles. The Morgan fingerprint density at radius 3 is 2.57 bits per heavy atom. The van der Waals surface area contributed by atoms with Crippen molar-refractivity contribution in [2.45, 2.75) is 26.8 Å². The number of fused-ring (bicyclic) bond motifs is 1. The van der Waals surface area contributed by atoms with E-state index >= 15 is 0 Å². The molecule has 1 aromatic heterocycles. The van der Waals surface area contributed by atoms with Crippen LogP contribution in [0.5, 0.6) is 5.75 Å². The maximum absolute atomic E-state index is 5.96. The van der Waals surface area contributed by atoms with Crippen molar-refractivity contribution >= 4 is 11.0 Å². The van der Waals surface area contributed by atoms with Gasteiger partial charge in [-0.3, -0.25) is 0 Å². The average Bonchev–Trinajstić information content (AvgIpc) is 2.92. The Morgan fingerprint density at radius 2 is 1.87 bits per heavy atom. The average molecular weight is 309 g/mol. The van der Waals surface area contributed by atoms with E-state index in [0.717, 1.165) is 28.2 Å². The molecule has 1 heterocycles. The molecule has 3 rings (SSSR count). The maximum Gasteiger partial charge on any atom is 0.145 e. The van der Waals surface area contributed by atoms with E-state index in [4.69, 9.17) is 15.5 Å². The zero-order valence-corrected chi connectivity index (χ0v) is 14.1. The number of aryl methyl sites for hydroxylation is 2. The SMILES string of the molecule is COc1ccccc1-c1nc2cc(C)c(C)cc2n1C(C)CN. The van der Waals surface area contributed by atoms with Crippen LogP contribution in [0.2, 0.25) is 0 Å². The van der Waals surface area contributed by atoms with Gasteiger partial charge in [0.05, 0.1) is 23.7 Å². The first kappa shape index (κ1) is 15.6. The van der Waals surface area contributed by atoms with Gasteiger partial charge < -0.3 is 15.0 Å². The fourth-order valence-corrected chi connectivity index (χ4v) is 2.92. The van der Waals surface area contributed by atoms with Crippen LogP contribution in [0, 0.1) is 13.8 Å². The molecule has 0 radical (unpaired) electrons. The summed E-state index contributed by atoms with van der Waals surface area (Å²) in [5, 5.41) is 0. The summed E-state index contributed by atoms with van der Waals surface area (Å²) in [6.45, 7) is 6.92. The van der Waals surface area contributed by atoms with Crippen molar-refractivity contribution in [1.82, 2.24) is 9.55 Å². The van der Waals surface area contributed by atoms with Gasteiger partial charge in [-0.25, -0.2) is 4.98 Å². The number of para-hydroxylation sites is 1. The largest absolute Gasteiger partial charge is 0.496 e. The molecule has 2 aromatic carbocycles. The molecule has 0 aliphatic rings. The minimum Gasteiger partial charge on any atom is -0.496 e. The molecule has 1 unspecified atom stereocenters. The molecule has 3 aromatic rings. The summed E-state index contributed by atoms with van der Waals surface area (Å²) in [7, 11) is 1.69. The zero-order valence-electron chi connectivity index (χ0n) is 14.1. The predicted octanol–water partition coefficient (Wildman–Crippen LogP) is 3.85. The smallest absolute Gasteiger partial charge is 0.145 e. The van der Waals surface area contributed by atoms with Crippen molar-refractivity contribution in [2.75, 3.05) is 13.7 Å². The highest BCUT2D eigenvalue weighted by Gasteiger charge is 2.19. The molecule has 0 bridgehead atoms. The van der Waals surface area contributed by atoms with E-state index in [1.165, 1.54) is 11.1 Å². The van der Waals surface area contributed by atoms with Crippen LogP contribution >= 0.6 is 0 Å². The molecule has 0 aliphatic carbocycles. The lowest BCUT2D eigenvalue weighted by molar-refractivity contribution is 0.415. The fourth-order valence-electron chi connectivity index (χ4n) is 2.92. The van der Waals surface area contributed by atoms with Gasteiger partial charge in [-0.15, -0.1) is 0 Å². The number of nitrogens with two attached hydrogens (primary N) is 1. The van der Waals surface area contributed by atoms with Crippen molar-refractivity contribution in [2.24, 2.45) is 5.73 Å². The van der Waals surface area contributed by atoms with Crippen molar-refractivity contribution in [3.63, 3.8) is 0 Å². The highest BCUT2D eigenvalue weighted by atomic mass is 16.5. The molecule has 0 amide bonds. The minimum atomic E-state index is 0.155. The highest BCUT2D eigenvalue weighted by Crippen LogP contribution is 2.34. The first-order valence-corrected chi connectivity index (χ1v) is 7.89. The maximum atomic E-state index is 5.96. The summed E-state index contributed by atoms with van der Waals surface area (Å²) in [6.07, 6.45) is 0. The fraction of sp³-hybridized carbons (Fsp3) is 0.316. The number of aromatic nitrogens is 2.